The summed E-state index contributed by atoms with van der Waals surface area (Å²) in [6, 6.07) is 14.3. The molecule has 0 saturated heterocycles. The fourth-order valence-corrected chi connectivity index (χ4v) is 2.88. The van der Waals surface area contributed by atoms with Gasteiger partial charge in [-0.2, -0.15) is 0 Å². The van der Waals surface area contributed by atoms with E-state index < -0.39 is 5.38 Å². The second-order valence-corrected chi connectivity index (χ2v) is 6.18. The Bertz CT molecular complexity index is 792. The van der Waals surface area contributed by atoms with Crippen LogP contribution in [0.4, 0.5) is 5.13 Å². The van der Waals surface area contributed by atoms with Gasteiger partial charge in [-0.05, 0) is 17.7 Å². The molecule has 5 heteroatoms. The number of aromatic nitrogens is 1. The molecule has 3 rings (SSSR count). The highest BCUT2D eigenvalue weighted by Gasteiger charge is 2.13. The molecule has 0 spiro atoms. The van der Waals surface area contributed by atoms with Crippen molar-refractivity contribution in [3.8, 4) is 11.3 Å². The van der Waals surface area contributed by atoms with E-state index in [1.54, 1.807) is 6.92 Å². The van der Waals surface area contributed by atoms with Crippen molar-refractivity contribution in [2.24, 2.45) is 0 Å². The average Bonchev–Trinajstić information content (AvgIpc) is 2.95. The van der Waals surface area contributed by atoms with Crippen molar-refractivity contribution < 1.29 is 4.79 Å². The van der Waals surface area contributed by atoms with E-state index in [4.69, 9.17) is 11.6 Å². The quantitative estimate of drug-likeness (QED) is 0.721. The highest BCUT2D eigenvalue weighted by atomic mass is 35.5. The Morgan fingerprint density at radius 1 is 1.24 bits per heavy atom. The molecular weight excluding hydrogens is 304 g/mol. The largest absolute Gasteiger partial charge is 0.301 e. The van der Waals surface area contributed by atoms with E-state index >= 15 is 0 Å². The summed E-state index contributed by atoms with van der Waals surface area (Å²) in [5.41, 5.74) is 1.91. The number of halogens is 1. The molecular formula is C16H13ClN2OS. The maximum Gasteiger partial charge on any atom is 0.243 e. The normalized spacial score (nSPS) is 12.3. The van der Waals surface area contributed by atoms with Gasteiger partial charge >= 0.3 is 0 Å². The molecule has 0 aliphatic rings. The molecule has 3 nitrogen and oxygen atoms in total. The minimum atomic E-state index is -0.574. The van der Waals surface area contributed by atoms with E-state index in [9.17, 15) is 4.79 Å². The van der Waals surface area contributed by atoms with E-state index in [1.807, 2.05) is 29.6 Å². The van der Waals surface area contributed by atoms with Gasteiger partial charge in [0.25, 0.3) is 0 Å². The van der Waals surface area contributed by atoms with Crippen molar-refractivity contribution in [3.05, 3.63) is 47.8 Å². The lowest BCUT2D eigenvalue weighted by Gasteiger charge is -2.04. The number of carbonyl (C=O) groups is 1. The van der Waals surface area contributed by atoms with Gasteiger partial charge < -0.3 is 5.32 Å². The standard InChI is InChI=1S/C16H13ClN2OS/c1-10(17)15(20)19-16-18-14(9-21-16)13-8-4-6-11-5-2-3-7-12(11)13/h2-10H,1H3,(H,18,19,20)/t10-/m0/s1. The van der Waals surface area contributed by atoms with Crippen molar-refractivity contribution >= 4 is 44.7 Å². The van der Waals surface area contributed by atoms with Gasteiger partial charge in [0.15, 0.2) is 5.13 Å². The van der Waals surface area contributed by atoms with Crippen molar-refractivity contribution in [2.45, 2.75) is 12.3 Å². The van der Waals surface area contributed by atoms with E-state index in [0.717, 1.165) is 16.6 Å². The summed E-state index contributed by atoms with van der Waals surface area (Å²) in [5, 5.41) is 6.96. The summed E-state index contributed by atoms with van der Waals surface area (Å²) in [4.78, 5) is 16.1. The number of carbonyl (C=O) groups excluding carboxylic acids is 1. The van der Waals surface area contributed by atoms with Gasteiger partial charge in [0, 0.05) is 10.9 Å². The van der Waals surface area contributed by atoms with Crippen LogP contribution < -0.4 is 5.32 Å². The number of hydrogen-bond acceptors (Lipinski definition) is 3. The predicted molar refractivity (Wildman–Crippen MR) is 89.0 cm³/mol. The minimum absolute atomic E-state index is 0.240. The first kappa shape index (κ1) is 14.0. The minimum Gasteiger partial charge on any atom is -0.301 e. The molecule has 0 radical (unpaired) electrons. The van der Waals surface area contributed by atoms with Crippen LogP contribution in [0.15, 0.2) is 47.8 Å². The van der Waals surface area contributed by atoms with Crippen LogP contribution in [0.3, 0.4) is 0 Å². The smallest absolute Gasteiger partial charge is 0.243 e. The molecule has 0 unspecified atom stereocenters. The lowest BCUT2D eigenvalue weighted by Crippen LogP contribution is -2.20. The fourth-order valence-electron chi connectivity index (χ4n) is 2.11. The summed E-state index contributed by atoms with van der Waals surface area (Å²) in [6.45, 7) is 1.64. The molecule has 2 aromatic carbocycles. The van der Waals surface area contributed by atoms with E-state index in [0.29, 0.717) is 5.13 Å². The van der Waals surface area contributed by atoms with E-state index in [2.05, 4.69) is 28.5 Å². The molecule has 1 N–H and O–H groups in total. The third-order valence-electron chi connectivity index (χ3n) is 3.16. The number of hydrogen-bond donors (Lipinski definition) is 1. The van der Waals surface area contributed by atoms with Gasteiger partial charge in [-0.25, -0.2) is 4.98 Å². The maximum absolute atomic E-state index is 11.6. The van der Waals surface area contributed by atoms with Gasteiger partial charge in [0.1, 0.15) is 5.38 Å². The summed E-state index contributed by atoms with van der Waals surface area (Å²) in [7, 11) is 0. The molecule has 106 valence electrons. The number of amides is 1. The molecule has 0 fully saturated rings. The molecule has 1 heterocycles. The number of thiazole rings is 1. The Morgan fingerprint density at radius 2 is 2.00 bits per heavy atom. The van der Waals surface area contributed by atoms with E-state index in [1.165, 1.54) is 16.7 Å². The predicted octanol–water partition coefficient (Wildman–Crippen LogP) is 4.53. The number of alkyl halides is 1. The molecule has 0 aliphatic carbocycles. The average molecular weight is 317 g/mol. The van der Waals surface area contributed by atoms with Crippen LogP contribution in [-0.2, 0) is 4.79 Å². The molecule has 3 aromatic rings. The van der Waals surface area contributed by atoms with Crippen molar-refractivity contribution in [1.82, 2.24) is 4.98 Å². The summed E-state index contributed by atoms with van der Waals surface area (Å²) >= 11 is 7.14. The Morgan fingerprint density at radius 3 is 2.81 bits per heavy atom. The molecule has 0 saturated carbocycles. The molecule has 1 aromatic heterocycles. The zero-order valence-corrected chi connectivity index (χ0v) is 12.9. The van der Waals surface area contributed by atoms with Crippen LogP contribution >= 0.6 is 22.9 Å². The topological polar surface area (TPSA) is 42.0 Å². The molecule has 21 heavy (non-hydrogen) atoms. The van der Waals surface area contributed by atoms with Gasteiger partial charge in [-0.1, -0.05) is 42.5 Å². The highest BCUT2D eigenvalue weighted by Crippen LogP contribution is 2.30. The number of fused-ring (bicyclic) bond motifs is 1. The monoisotopic (exact) mass is 316 g/mol. The second-order valence-electron chi connectivity index (χ2n) is 4.67. The Kier molecular flexibility index (Phi) is 3.90. The van der Waals surface area contributed by atoms with Crippen LogP contribution in [0.25, 0.3) is 22.0 Å². The zero-order valence-electron chi connectivity index (χ0n) is 11.3. The van der Waals surface area contributed by atoms with Gasteiger partial charge in [-0.3, -0.25) is 4.79 Å². The summed E-state index contributed by atoms with van der Waals surface area (Å²) in [5.74, 6) is -0.240. The molecule has 1 atom stereocenters. The fraction of sp³-hybridized carbons (Fsp3) is 0.125. The first-order valence-corrected chi connectivity index (χ1v) is 7.85. The van der Waals surface area contributed by atoms with Crippen LogP contribution in [0, 0.1) is 0 Å². The lowest BCUT2D eigenvalue weighted by atomic mass is 10.0. The number of nitrogens with one attached hydrogen (secondary N) is 1. The molecule has 1 amide bonds. The van der Waals surface area contributed by atoms with Gasteiger partial charge in [-0.15, -0.1) is 22.9 Å². The lowest BCUT2D eigenvalue weighted by molar-refractivity contribution is -0.115. The summed E-state index contributed by atoms with van der Waals surface area (Å²) in [6.07, 6.45) is 0. The third-order valence-corrected chi connectivity index (χ3v) is 4.12. The second kappa shape index (κ2) is 5.84. The molecule has 0 aliphatic heterocycles. The number of benzene rings is 2. The third kappa shape index (κ3) is 2.91. The van der Waals surface area contributed by atoms with Crippen LogP contribution in [0.1, 0.15) is 6.92 Å². The van der Waals surface area contributed by atoms with Gasteiger partial charge in [0.2, 0.25) is 5.91 Å². The van der Waals surface area contributed by atoms with E-state index in [-0.39, 0.29) is 5.91 Å². The first-order chi connectivity index (χ1) is 10.1. The number of nitrogens with zero attached hydrogens (tertiary/aromatic N) is 1. The Labute approximate surface area is 131 Å². The van der Waals surface area contributed by atoms with Crippen LogP contribution in [0.2, 0.25) is 0 Å². The van der Waals surface area contributed by atoms with Crippen molar-refractivity contribution in [1.29, 1.82) is 0 Å². The van der Waals surface area contributed by atoms with Gasteiger partial charge in [0.05, 0.1) is 5.69 Å². The highest BCUT2D eigenvalue weighted by molar-refractivity contribution is 7.14. The summed E-state index contributed by atoms with van der Waals surface area (Å²) < 4.78 is 0. The van der Waals surface area contributed by atoms with Crippen LogP contribution in [-0.4, -0.2) is 16.3 Å². The first-order valence-electron chi connectivity index (χ1n) is 6.54. The van der Waals surface area contributed by atoms with Crippen LogP contribution in [0.5, 0.6) is 0 Å². The number of anilines is 1. The Balaban J connectivity index is 1.97. The van der Waals surface area contributed by atoms with Crippen molar-refractivity contribution in [2.75, 3.05) is 5.32 Å². The molecule has 0 bridgehead atoms. The SMILES string of the molecule is C[C@H](Cl)C(=O)Nc1nc(-c2cccc3ccccc23)cs1. The number of rotatable bonds is 3. The van der Waals surface area contributed by atoms with Crippen molar-refractivity contribution in [3.63, 3.8) is 0 Å². The maximum atomic E-state index is 11.6. The Hall–Kier alpha value is -1.91. The zero-order chi connectivity index (χ0) is 14.8.